The van der Waals surface area contributed by atoms with Crippen LogP contribution in [-0.2, 0) is 7.05 Å². The second kappa shape index (κ2) is 6.48. The number of nitrogens with zero attached hydrogens (tertiary/aromatic N) is 4. The minimum absolute atomic E-state index is 0.228. The van der Waals surface area contributed by atoms with Crippen molar-refractivity contribution in [3.63, 3.8) is 0 Å². The predicted octanol–water partition coefficient (Wildman–Crippen LogP) is 3.70. The van der Waals surface area contributed by atoms with Gasteiger partial charge in [0.25, 0.3) is 5.91 Å². The number of amides is 1. The van der Waals surface area contributed by atoms with E-state index in [1.165, 1.54) is 11.0 Å². The summed E-state index contributed by atoms with van der Waals surface area (Å²) in [5, 5.41) is 5.05. The van der Waals surface area contributed by atoms with Crippen LogP contribution in [0, 0.1) is 25.5 Å². The van der Waals surface area contributed by atoms with Crippen LogP contribution >= 0.6 is 0 Å². The topological polar surface area (TPSA) is 51.0 Å². The molecule has 136 valence electrons. The third-order valence-corrected chi connectivity index (χ3v) is 4.65. The van der Waals surface area contributed by atoms with Gasteiger partial charge in [-0.3, -0.25) is 9.48 Å². The van der Waals surface area contributed by atoms with Gasteiger partial charge in [-0.15, -0.1) is 0 Å². The fourth-order valence-electron chi connectivity index (χ4n) is 3.10. The number of hydrogen-bond donors (Lipinski definition) is 0. The number of halogens is 2. The van der Waals surface area contributed by atoms with Gasteiger partial charge in [-0.25, -0.2) is 13.8 Å². The summed E-state index contributed by atoms with van der Waals surface area (Å²) in [5.41, 5.74) is 3.07. The molecule has 0 saturated carbocycles. The zero-order valence-electron chi connectivity index (χ0n) is 15.3. The molecule has 1 aromatic carbocycles. The summed E-state index contributed by atoms with van der Waals surface area (Å²) in [6.07, 6.45) is 0. The standard InChI is InChI=1S/C19H20F2N4O/c1-10-8-14(17-11(2)23-25(5)18(17)22-10)19(26)24(4)12(3)13-6-7-15(20)16(21)9-13/h6-9,12H,1-5H3. The lowest BCUT2D eigenvalue weighted by Crippen LogP contribution is -2.30. The van der Waals surface area contributed by atoms with Crippen LogP contribution in [0.3, 0.4) is 0 Å². The van der Waals surface area contributed by atoms with Crippen LogP contribution in [0.25, 0.3) is 11.0 Å². The van der Waals surface area contributed by atoms with Crippen molar-refractivity contribution in [2.24, 2.45) is 7.05 Å². The quantitative estimate of drug-likeness (QED) is 0.717. The fraction of sp³-hybridized carbons (Fsp3) is 0.316. The lowest BCUT2D eigenvalue weighted by Gasteiger charge is -2.26. The summed E-state index contributed by atoms with van der Waals surface area (Å²) >= 11 is 0. The van der Waals surface area contributed by atoms with Gasteiger partial charge in [0.15, 0.2) is 17.3 Å². The number of carbonyl (C=O) groups excluding carboxylic acids is 1. The van der Waals surface area contributed by atoms with Crippen LogP contribution in [0.4, 0.5) is 8.78 Å². The molecule has 0 radical (unpaired) electrons. The summed E-state index contributed by atoms with van der Waals surface area (Å²) in [6, 6.07) is 4.97. The Balaban J connectivity index is 2.03. The van der Waals surface area contributed by atoms with E-state index in [9.17, 15) is 13.6 Å². The Hall–Kier alpha value is -2.83. The molecule has 3 aromatic rings. The molecule has 0 N–H and O–H groups in total. The van der Waals surface area contributed by atoms with Gasteiger partial charge < -0.3 is 4.90 Å². The van der Waals surface area contributed by atoms with E-state index in [4.69, 9.17) is 0 Å². The summed E-state index contributed by atoms with van der Waals surface area (Å²) in [6.45, 7) is 5.41. The first-order chi connectivity index (χ1) is 12.2. The van der Waals surface area contributed by atoms with E-state index >= 15 is 0 Å². The fourth-order valence-corrected chi connectivity index (χ4v) is 3.10. The normalized spacial score (nSPS) is 12.4. The van der Waals surface area contributed by atoms with Crippen molar-refractivity contribution in [1.82, 2.24) is 19.7 Å². The van der Waals surface area contributed by atoms with E-state index in [1.807, 2.05) is 13.8 Å². The Kier molecular flexibility index (Phi) is 4.48. The maximum Gasteiger partial charge on any atom is 0.254 e. The molecular weight excluding hydrogens is 338 g/mol. The van der Waals surface area contributed by atoms with Crippen molar-refractivity contribution in [1.29, 1.82) is 0 Å². The van der Waals surface area contributed by atoms with Gasteiger partial charge >= 0.3 is 0 Å². The Morgan fingerprint density at radius 2 is 1.88 bits per heavy atom. The molecule has 7 heteroatoms. The second-order valence-electron chi connectivity index (χ2n) is 6.48. The highest BCUT2D eigenvalue weighted by molar-refractivity contribution is 6.06. The lowest BCUT2D eigenvalue weighted by molar-refractivity contribution is 0.0744. The van der Waals surface area contributed by atoms with Crippen LogP contribution < -0.4 is 0 Å². The van der Waals surface area contributed by atoms with E-state index in [1.54, 1.807) is 31.8 Å². The SMILES string of the molecule is Cc1cc(C(=O)N(C)C(C)c2ccc(F)c(F)c2)c2c(C)nn(C)c2n1. The van der Waals surface area contributed by atoms with Crippen LogP contribution in [0.15, 0.2) is 24.3 Å². The Morgan fingerprint density at radius 1 is 1.19 bits per heavy atom. The maximum absolute atomic E-state index is 13.5. The average Bonchev–Trinajstić information content (AvgIpc) is 2.88. The minimum atomic E-state index is -0.930. The van der Waals surface area contributed by atoms with E-state index in [0.717, 1.165) is 12.1 Å². The molecule has 2 heterocycles. The van der Waals surface area contributed by atoms with Gasteiger partial charge in [-0.05, 0) is 44.5 Å². The molecule has 1 amide bonds. The highest BCUT2D eigenvalue weighted by atomic mass is 19.2. The maximum atomic E-state index is 13.5. The number of aryl methyl sites for hydroxylation is 3. The van der Waals surface area contributed by atoms with E-state index in [2.05, 4.69) is 10.1 Å². The molecule has 5 nitrogen and oxygen atoms in total. The van der Waals surface area contributed by atoms with Crippen molar-refractivity contribution in [3.05, 3.63) is 58.4 Å². The molecule has 0 bridgehead atoms. The Morgan fingerprint density at radius 3 is 2.54 bits per heavy atom. The van der Waals surface area contributed by atoms with Crippen molar-refractivity contribution < 1.29 is 13.6 Å². The van der Waals surface area contributed by atoms with Gasteiger partial charge in [0.1, 0.15) is 0 Å². The molecule has 0 spiro atoms. The molecule has 3 rings (SSSR count). The van der Waals surface area contributed by atoms with E-state index in [0.29, 0.717) is 33.5 Å². The molecule has 0 aliphatic rings. The van der Waals surface area contributed by atoms with E-state index in [-0.39, 0.29) is 5.91 Å². The molecule has 2 aromatic heterocycles. The summed E-state index contributed by atoms with van der Waals surface area (Å²) in [4.78, 5) is 19.1. The van der Waals surface area contributed by atoms with Gasteiger partial charge in [0.2, 0.25) is 0 Å². The molecule has 0 aliphatic heterocycles. The number of benzene rings is 1. The van der Waals surface area contributed by atoms with Crippen LogP contribution in [0.2, 0.25) is 0 Å². The van der Waals surface area contributed by atoms with Crippen molar-refractivity contribution in [2.45, 2.75) is 26.8 Å². The summed E-state index contributed by atoms with van der Waals surface area (Å²) in [5.74, 6) is -2.07. The van der Waals surface area contributed by atoms with Crippen molar-refractivity contribution in [3.8, 4) is 0 Å². The lowest BCUT2D eigenvalue weighted by atomic mass is 10.0. The Labute approximate surface area is 150 Å². The third-order valence-electron chi connectivity index (χ3n) is 4.65. The highest BCUT2D eigenvalue weighted by Crippen LogP contribution is 2.27. The van der Waals surface area contributed by atoms with Crippen molar-refractivity contribution in [2.75, 3.05) is 7.05 Å². The van der Waals surface area contributed by atoms with Gasteiger partial charge in [-0.2, -0.15) is 5.10 Å². The molecule has 1 unspecified atom stereocenters. The van der Waals surface area contributed by atoms with Gasteiger partial charge in [0, 0.05) is 19.8 Å². The first kappa shape index (κ1) is 18.0. The molecule has 0 aliphatic carbocycles. The molecule has 0 saturated heterocycles. The van der Waals surface area contributed by atoms with Crippen molar-refractivity contribution >= 4 is 16.9 Å². The smallest absolute Gasteiger partial charge is 0.254 e. The van der Waals surface area contributed by atoms with Crippen LogP contribution in [0.5, 0.6) is 0 Å². The third kappa shape index (κ3) is 2.94. The first-order valence-electron chi connectivity index (χ1n) is 8.23. The number of fused-ring (bicyclic) bond motifs is 1. The molecular formula is C19H20F2N4O. The summed E-state index contributed by atoms with van der Waals surface area (Å²) < 4.78 is 28.4. The molecule has 1 atom stereocenters. The Bertz CT molecular complexity index is 1010. The molecule has 0 fully saturated rings. The first-order valence-corrected chi connectivity index (χ1v) is 8.23. The minimum Gasteiger partial charge on any atom is -0.335 e. The molecule has 26 heavy (non-hydrogen) atoms. The number of rotatable bonds is 3. The van der Waals surface area contributed by atoms with Crippen LogP contribution in [-0.4, -0.2) is 32.6 Å². The zero-order valence-corrected chi connectivity index (χ0v) is 15.3. The highest BCUT2D eigenvalue weighted by Gasteiger charge is 2.24. The zero-order chi connectivity index (χ0) is 19.2. The monoisotopic (exact) mass is 358 g/mol. The number of pyridine rings is 1. The predicted molar refractivity (Wildman–Crippen MR) is 94.8 cm³/mol. The number of hydrogen-bond acceptors (Lipinski definition) is 3. The summed E-state index contributed by atoms with van der Waals surface area (Å²) in [7, 11) is 3.42. The van der Waals surface area contributed by atoms with Gasteiger partial charge in [0.05, 0.1) is 22.7 Å². The van der Waals surface area contributed by atoms with E-state index < -0.39 is 17.7 Å². The average molecular weight is 358 g/mol. The van der Waals surface area contributed by atoms with Gasteiger partial charge in [-0.1, -0.05) is 6.07 Å². The second-order valence-corrected chi connectivity index (χ2v) is 6.48. The largest absolute Gasteiger partial charge is 0.335 e. The number of carbonyl (C=O) groups is 1. The van der Waals surface area contributed by atoms with Crippen LogP contribution in [0.1, 0.15) is 40.3 Å². The number of aromatic nitrogens is 3.